The first-order valence-electron chi connectivity index (χ1n) is 11.3. The summed E-state index contributed by atoms with van der Waals surface area (Å²) in [6, 6.07) is 7.51. The standard InChI is InChI=1S/C24H34N6O.H2/c1-5-17-14-18(22-10-11-26-30(22)3)15-19-16-25-24(28-23(17)19)27-20-6-8-21(9-7-20)29(2)12-13-31-4;/h10-11,14-16,20-21H,5-9,12-13H2,1-4H3,(H,25,27,28);1H. The number of nitrogens with zero attached hydrogens (tertiary/aromatic N) is 5. The van der Waals surface area contributed by atoms with Gasteiger partial charge in [0, 0.05) is 57.6 Å². The summed E-state index contributed by atoms with van der Waals surface area (Å²) in [5.41, 5.74) is 4.54. The molecule has 1 fully saturated rings. The van der Waals surface area contributed by atoms with Crippen LogP contribution < -0.4 is 5.32 Å². The van der Waals surface area contributed by atoms with Crippen LogP contribution in [0.4, 0.5) is 5.95 Å². The van der Waals surface area contributed by atoms with Crippen LogP contribution in [0.15, 0.2) is 30.6 Å². The maximum Gasteiger partial charge on any atom is 0.223 e. The maximum atomic E-state index is 5.22. The van der Waals surface area contributed by atoms with Crippen molar-refractivity contribution in [3.05, 3.63) is 36.2 Å². The third kappa shape index (κ3) is 4.88. The van der Waals surface area contributed by atoms with E-state index >= 15 is 0 Å². The average Bonchev–Trinajstić information content (AvgIpc) is 3.23. The third-order valence-corrected chi connectivity index (χ3v) is 6.56. The van der Waals surface area contributed by atoms with Crippen LogP contribution in [0.1, 0.15) is 39.6 Å². The van der Waals surface area contributed by atoms with Gasteiger partial charge in [0.05, 0.1) is 17.8 Å². The maximum absolute atomic E-state index is 5.22. The van der Waals surface area contributed by atoms with Crippen molar-refractivity contribution in [1.82, 2.24) is 24.6 Å². The summed E-state index contributed by atoms with van der Waals surface area (Å²) in [5, 5.41) is 8.98. The van der Waals surface area contributed by atoms with Crippen LogP contribution in [0.5, 0.6) is 0 Å². The summed E-state index contributed by atoms with van der Waals surface area (Å²) in [6.45, 7) is 3.97. The van der Waals surface area contributed by atoms with Crippen molar-refractivity contribution in [1.29, 1.82) is 0 Å². The van der Waals surface area contributed by atoms with Gasteiger partial charge in [0.15, 0.2) is 0 Å². The molecule has 0 aliphatic heterocycles. The quantitative estimate of drug-likeness (QED) is 0.586. The highest BCUT2D eigenvalue weighted by Crippen LogP contribution is 2.28. The molecule has 1 saturated carbocycles. The number of benzene rings is 1. The molecule has 7 heteroatoms. The minimum atomic E-state index is 0. The number of rotatable bonds is 8. The minimum Gasteiger partial charge on any atom is -0.383 e. The zero-order valence-electron chi connectivity index (χ0n) is 19.1. The predicted molar refractivity (Wildman–Crippen MR) is 127 cm³/mol. The molecular formula is C24H36N6O. The van der Waals surface area contributed by atoms with E-state index in [9.17, 15) is 0 Å². The van der Waals surface area contributed by atoms with E-state index in [0.717, 1.165) is 60.5 Å². The van der Waals surface area contributed by atoms with E-state index in [-0.39, 0.29) is 1.43 Å². The second-order valence-corrected chi connectivity index (χ2v) is 8.58. The lowest BCUT2D eigenvalue weighted by Gasteiger charge is -2.34. The number of anilines is 1. The van der Waals surface area contributed by atoms with Crippen molar-refractivity contribution in [2.75, 3.05) is 32.6 Å². The van der Waals surface area contributed by atoms with Gasteiger partial charge in [-0.15, -0.1) is 0 Å². The molecule has 2 heterocycles. The van der Waals surface area contributed by atoms with Gasteiger partial charge in [0.1, 0.15) is 0 Å². The second kappa shape index (κ2) is 9.75. The van der Waals surface area contributed by atoms with Gasteiger partial charge in [-0.1, -0.05) is 6.92 Å². The van der Waals surface area contributed by atoms with Crippen LogP contribution in [0.25, 0.3) is 22.2 Å². The van der Waals surface area contributed by atoms with E-state index in [0.29, 0.717) is 12.1 Å². The fourth-order valence-electron chi connectivity index (χ4n) is 4.62. The zero-order valence-corrected chi connectivity index (χ0v) is 19.1. The second-order valence-electron chi connectivity index (χ2n) is 8.58. The number of likely N-dealkylation sites (N-methyl/N-ethyl adjacent to an activating group) is 1. The predicted octanol–water partition coefficient (Wildman–Crippen LogP) is 4.14. The minimum absolute atomic E-state index is 0. The number of hydrogen-bond acceptors (Lipinski definition) is 6. The highest BCUT2D eigenvalue weighted by Gasteiger charge is 2.24. The monoisotopic (exact) mass is 424 g/mol. The summed E-state index contributed by atoms with van der Waals surface area (Å²) >= 11 is 0. The van der Waals surface area contributed by atoms with Crippen LogP contribution in [-0.2, 0) is 18.2 Å². The smallest absolute Gasteiger partial charge is 0.223 e. The first-order valence-corrected chi connectivity index (χ1v) is 11.3. The lowest BCUT2D eigenvalue weighted by molar-refractivity contribution is 0.121. The van der Waals surface area contributed by atoms with Gasteiger partial charge in [-0.05, 0) is 62.9 Å². The molecular weight excluding hydrogens is 388 g/mol. The zero-order chi connectivity index (χ0) is 21.8. The van der Waals surface area contributed by atoms with E-state index in [1.54, 1.807) is 7.11 Å². The van der Waals surface area contributed by atoms with E-state index in [1.165, 1.54) is 18.4 Å². The Bertz CT molecular complexity index is 1010. The van der Waals surface area contributed by atoms with Crippen molar-refractivity contribution in [3.8, 4) is 11.3 Å². The Hall–Kier alpha value is -2.51. The van der Waals surface area contributed by atoms with Gasteiger partial charge >= 0.3 is 0 Å². The van der Waals surface area contributed by atoms with E-state index in [2.05, 4.69) is 46.4 Å². The van der Waals surface area contributed by atoms with Crippen molar-refractivity contribution in [3.63, 3.8) is 0 Å². The molecule has 7 nitrogen and oxygen atoms in total. The van der Waals surface area contributed by atoms with Crippen molar-refractivity contribution >= 4 is 16.9 Å². The fourth-order valence-corrected chi connectivity index (χ4v) is 4.62. The SMILES string of the molecule is CCc1cc(-c2ccnn2C)cc2cnc(NC3CCC(N(C)CCOC)CC3)nc12.[HH]. The molecule has 1 aromatic carbocycles. The van der Waals surface area contributed by atoms with Crippen LogP contribution >= 0.6 is 0 Å². The first-order chi connectivity index (χ1) is 15.1. The van der Waals surface area contributed by atoms with E-state index in [4.69, 9.17) is 9.72 Å². The Kier molecular flexibility index (Phi) is 6.83. The van der Waals surface area contributed by atoms with Gasteiger partial charge in [-0.25, -0.2) is 9.97 Å². The van der Waals surface area contributed by atoms with Gasteiger partial charge in [-0.3, -0.25) is 4.68 Å². The van der Waals surface area contributed by atoms with Crippen molar-refractivity contribution < 1.29 is 6.16 Å². The molecule has 3 aromatic rings. The number of aromatic nitrogens is 4. The molecule has 1 aliphatic carbocycles. The molecule has 0 radical (unpaired) electrons. The Morgan fingerprint density at radius 2 is 2.06 bits per heavy atom. The number of fused-ring (bicyclic) bond motifs is 1. The van der Waals surface area contributed by atoms with Crippen LogP contribution in [0.3, 0.4) is 0 Å². The summed E-state index contributed by atoms with van der Waals surface area (Å²) in [6.07, 6.45) is 9.39. The van der Waals surface area contributed by atoms with Crippen LogP contribution in [-0.4, -0.2) is 64.0 Å². The molecule has 0 spiro atoms. The Morgan fingerprint density at radius 3 is 2.74 bits per heavy atom. The largest absolute Gasteiger partial charge is 0.383 e. The van der Waals surface area contributed by atoms with Gasteiger partial charge in [0.25, 0.3) is 0 Å². The topological polar surface area (TPSA) is 68.1 Å². The highest BCUT2D eigenvalue weighted by molar-refractivity contribution is 5.87. The average molecular weight is 425 g/mol. The van der Waals surface area contributed by atoms with Crippen molar-refractivity contribution in [2.24, 2.45) is 7.05 Å². The molecule has 0 amide bonds. The number of hydrogen-bond donors (Lipinski definition) is 1. The molecule has 1 aliphatic rings. The molecule has 4 rings (SSSR count). The summed E-state index contributed by atoms with van der Waals surface area (Å²) in [4.78, 5) is 12.0. The highest BCUT2D eigenvalue weighted by atomic mass is 16.5. The fraction of sp³-hybridized carbons (Fsp3) is 0.542. The first kappa shape index (κ1) is 21.7. The van der Waals surface area contributed by atoms with Gasteiger partial charge < -0.3 is 15.0 Å². The Labute approximate surface area is 186 Å². The Balaban J connectivity index is 0.00000289. The van der Waals surface area contributed by atoms with Crippen LogP contribution in [0, 0.1) is 0 Å². The molecule has 0 bridgehead atoms. The normalized spacial score (nSPS) is 19.3. The molecule has 168 valence electrons. The number of methoxy groups -OCH3 is 1. The van der Waals surface area contributed by atoms with Crippen LogP contribution in [0.2, 0.25) is 0 Å². The summed E-state index contributed by atoms with van der Waals surface area (Å²) in [7, 11) is 5.94. The molecule has 2 aromatic heterocycles. The molecule has 31 heavy (non-hydrogen) atoms. The van der Waals surface area contributed by atoms with E-state index in [1.807, 2.05) is 30.2 Å². The third-order valence-electron chi connectivity index (χ3n) is 6.56. The lowest BCUT2D eigenvalue weighted by Crippen LogP contribution is -2.39. The Morgan fingerprint density at radius 1 is 1.26 bits per heavy atom. The molecule has 1 N–H and O–H groups in total. The number of ether oxygens (including phenoxy) is 1. The molecule has 0 atom stereocenters. The van der Waals surface area contributed by atoms with E-state index < -0.39 is 0 Å². The number of aryl methyl sites for hydroxylation is 2. The summed E-state index contributed by atoms with van der Waals surface area (Å²) in [5.74, 6) is 0.742. The van der Waals surface area contributed by atoms with Crippen molar-refractivity contribution in [2.45, 2.75) is 51.1 Å². The van der Waals surface area contributed by atoms with Gasteiger partial charge in [-0.2, -0.15) is 5.10 Å². The summed E-state index contributed by atoms with van der Waals surface area (Å²) < 4.78 is 7.12. The number of nitrogens with one attached hydrogen (secondary N) is 1. The molecule has 0 unspecified atom stereocenters. The molecule has 0 saturated heterocycles. The lowest BCUT2D eigenvalue weighted by atomic mass is 9.90. The van der Waals surface area contributed by atoms with Gasteiger partial charge in [0.2, 0.25) is 5.95 Å².